The molecule has 4 aliphatic rings. The van der Waals surface area contributed by atoms with Gasteiger partial charge in [0.25, 0.3) is 0 Å². The molecule has 18 heavy (non-hydrogen) atoms. The minimum atomic E-state index is 0.0534. The van der Waals surface area contributed by atoms with Gasteiger partial charge in [-0.25, -0.2) is 0 Å². The highest BCUT2D eigenvalue weighted by molar-refractivity contribution is 5.83. The first-order chi connectivity index (χ1) is 8.76. The summed E-state index contributed by atoms with van der Waals surface area (Å²) in [7, 11) is 0. The van der Waals surface area contributed by atoms with Crippen LogP contribution in [0.1, 0.15) is 64.7 Å². The number of hydrogen-bond donors (Lipinski definition) is 1. The highest BCUT2D eigenvalue weighted by Gasteiger charge is 2.57. The second-order valence-corrected chi connectivity index (χ2v) is 6.91. The molecule has 2 nitrogen and oxygen atoms in total. The summed E-state index contributed by atoms with van der Waals surface area (Å²) >= 11 is 0. The third kappa shape index (κ3) is 1.88. The summed E-state index contributed by atoms with van der Waals surface area (Å²) in [5.41, 5.74) is 0.0534. The van der Waals surface area contributed by atoms with Crippen LogP contribution in [-0.4, -0.2) is 12.5 Å². The zero-order valence-corrected chi connectivity index (χ0v) is 11.7. The Morgan fingerprint density at radius 3 is 3.00 bits per heavy atom. The number of fused-ring (bicyclic) bond motifs is 1. The average molecular weight is 249 g/mol. The summed E-state index contributed by atoms with van der Waals surface area (Å²) in [5, 5.41) is 3.25. The molecule has 102 valence electrons. The van der Waals surface area contributed by atoms with E-state index in [4.69, 9.17) is 0 Å². The van der Waals surface area contributed by atoms with Crippen molar-refractivity contribution in [3.05, 3.63) is 0 Å². The van der Waals surface area contributed by atoms with Crippen molar-refractivity contribution < 1.29 is 4.79 Å². The molecule has 2 heteroatoms. The second kappa shape index (κ2) is 4.86. The molecule has 4 aliphatic carbocycles. The molecule has 1 N–H and O–H groups in total. The maximum absolute atomic E-state index is 12.7. The maximum Gasteiger partial charge on any atom is 0.226 e. The number of rotatable bonds is 4. The van der Waals surface area contributed by atoms with Gasteiger partial charge in [-0.05, 0) is 49.9 Å². The second-order valence-electron chi connectivity index (χ2n) is 6.91. The molecule has 0 saturated heterocycles. The largest absolute Gasteiger partial charge is 0.356 e. The van der Waals surface area contributed by atoms with Gasteiger partial charge in [0.15, 0.2) is 0 Å². The monoisotopic (exact) mass is 249 g/mol. The Labute approximate surface area is 111 Å². The fourth-order valence-corrected chi connectivity index (χ4v) is 5.16. The van der Waals surface area contributed by atoms with Crippen LogP contribution in [-0.2, 0) is 4.79 Å². The van der Waals surface area contributed by atoms with Gasteiger partial charge in [0.05, 0.1) is 5.41 Å². The molecule has 0 aromatic carbocycles. The minimum Gasteiger partial charge on any atom is -0.356 e. The maximum atomic E-state index is 12.7. The van der Waals surface area contributed by atoms with E-state index in [-0.39, 0.29) is 5.41 Å². The van der Waals surface area contributed by atoms with E-state index in [9.17, 15) is 4.79 Å². The first kappa shape index (κ1) is 12.5. The lowest BCUT2D eigenvalue weighted by atomic mass is 9.47. The Bertz CT molecular complexity index is 327. The van der Waals surface area contributed by atoms with E-state index in [1.165, 1.54) is 51.4 Å². The molecule has 4 unspecified atom stereocenters. The van der Waals surface area contributed by atoms with Crippen molar-refractivity contribution in [2.75, 3.05) is 6.54 Å². The standard InChI is InChI=1S/C16H27NO/c1-2-3-9-17-15(18)16-8-4-5-13-10-12(11-16)6-7-14(13)16/h12-14H,2-11H2,1H3,(H,17,18). The van der Waals surface area contributed by atoms with E-state index in [1.807, 2.05) is 0 Å². The van der Waals surface area contributed by atoms with E-state index >= 15 is 0 Å². The lowest BCUT2D eigenvalue weighted by Gasteiger charge is -2.57. The number of amides is 1. The molecule has 0 heterocycles. The van der Waals surface area contributed by atoms with Gasteiger partial charge in [-0.2, -0.15) is 0 Å². The van der Waals surface area contributed by atoms with Gasteiger partial charge in [-0.15, -0.1) is 0 Å². The summed E-state index contributed by atoms with van der Waals surface area (Å²) in [5.74, 6) is 2.87. The van der Waals surface area contributed by atoms with Gasteiger partial charge >= 0.3 is 0 Å². The van der Waals surface area contributed by atoms with Gasteiger partial charge in [-0.1, -0.05) is 32.6 Å². The van der Waals surface area contributed by atoms with Crippen molar-refractivity contribution >= 4 is 5.91 Å². The summed E-state index contributed by atoms with van der Waals surface area (Å²) in [6.45, 7) is 3.07. The Morgan fingerprint density at radius 1 is 1.33 bits per heavy atom. The normalized spacial score (nSPS) is 41.7. The SMILES string of the molecule is CCCCNC(=O)C12CCCC3CC(CCC31)C2. The number of unbranched alkanes of at least 4 members (excludes halogenated alkanes) is 1. The van der Waals surface area contributed by atoms with Crippen LogP contribution in [0.3, 0.4) is 0 Å². The third-order valence-corrected chi connectivity index (χ3v) is 5.92. The van der Waals surface area contributed by atoms with E-state index in [0.29, 0.717) is 5.91 Å². The number of hydrogen-bond acceptors (Lipinski definition) is 1. The van der Waals surface area contributed by atoms with Crippen molar-refractivity contribution in [3.8, 4) is 0 Å². The molecule has 0 radical (unpaired) electrons. The number of carbonyl (C=O) groups excluding carboxylic acids is 1. The van der Waals surface area contributed by atoms with Crippen LogP contribution in [0.25, 0.3) is 0 Å². The Balaban J connectivity index is 1.73. The quantitative estimate of drug-likeness (QED) is 0.759. The van der Waals surface area contributed by atoms with Crippen LogP contribution in [0.5, 0.6) is 0 Å². The van der Waals surface area contributed by atoms with E-state index in [2.05, 4.69) is 12.2 Å². The van der Waals surface area contributed by atoms with E-state index in [1.54, 1.807) is 0 Å². The highest BCUT2D eigenvalue weighted by Crippen LogP contribution is 2.61. The van der Waals surface area contributed by atoms with Crippen LogP contribution in [0.15, 0.2) is 0 Å². The van der Waals surface area contributed by atoms with Crippen LogP contribution in [0.2, 0.25) is 0 Å². The lowest BCUT2D eigenvalue weighted by Crippen LogP contribution is -2.56. The predicted octanol–water partition coefficient (Wildman–Crippen LogP) is 3.51. The van der Waals surface area contributed by atoms with Gasteiger partial charge in [0.2, 0.25) is 5.91 Å². The first-order valence-corrected chi connectivity index (χ1v) is 8.04. The Hall–Kier alpha value is -0.530. The number of nitrogens with one attached hydrogen (secondary N) is 1. The molecular formula is C16H27NO. The van der Waals surface area contributed by atoms with Crippen molar-refractivity contribution in [2.45, 2.75) is 64.7 Å². The predicted molar refractivity (Wildman–Crippen MR) is 73.1 cm³/mol. The fraction of sp³-hybridized carbons (Fsp3) is 0.938. The molecule has 0 aliphatic heterocycles. The molecule has 0 spiro atoms. The van der Waals surface area contributed by atoms with Gasteiger partial charge in [0.1, 0.15) is 0 Å². The number of carbonyl (C=O) groups is 1. The molecule has 4 fully saturated rings. The molecule has 1 amide bonds. The van der Waals surface area contributed by atoms with Gasteiger partial charge in [-0.3, -0.25) is 4.79 Å². The molecule has 4 rings (SSSR count). The molecule has 0 aromatic heterocycles. The molecule has 4 bridgehead atoms. The molecule has 4 saturated carbocycles. The van der Waals surface area contributed by atoms with Crippen LogP contribution in [0.4, 0.5) is 0 Å². The minimum absolute atomic E-state index is 0.0534. The van der Waals surface area contributed by atoms with Gasteiger partial charge in [0, 0.05) is 6.54 Å². The lowest BCUT2D eigenvalue weighted by molar-refractivity contribution is -0.153. The zero-order valence-electron chi connectivity index (χ0n) is 11.7. The fourth-order valence-electron chi connectivity index (χ4n) is 5.16. The first-order valence-electron chi connectivity index (χ1n) is 8.04. The van der Waals surface area contributed by atoms with Gasteiger partial charge < -0.3 is 5.32 Å². The van der Waals surface area contributed by atoms with Crippen molar-refractivity contribution in [1.82, 2.24) is 5.32 Å². The summed E-state index contributed by atoms with van der Waals surface area (Å²) in [6, 6.07) is 0. The van der Waals surface area contributed by atoms with Crippen LogP contribution < -0.4 is 5.32 Å². The Morgan fingerprint density at radius 2 is 2.22 bits per heavy atom. The molecular weight excluding hydrogens is 222 g/mol. The van der Waals surface area contributed by atoms with Crippen molar-refractivity contribution in [3.63, 3.8) is 0 Å². The Kier molecular flexibility index (Phi) is 3.38. The average Bonchev–Trinajstić information content (AvgIpc) is 2.39. The van der Waals surface area contributed by atoms with Crippen molar-refractivity contribution in [2.24, 2.45) is 23.2 Å². The van der Waals surface area contributed by atoms with Crippen molar-refractivity contribution in [1.29, 1.82) is 0 Å². The molecule has 0 aromatic rings. The summed E-state index contributed by atoms with van der Waals surface area (Å²) in [4.78, 5) is 12.7. The summed E-state index contributed by atoms with van der Waals surface area (Å²) < 4.78 is 0. The zero-order chi connectivity index (χ0) is 12.6. The summed E-state index contributed by atoms with van der Waals surface area (Å²) in [6.07, 6.45) is 11.5. The third-order valence-electron chi connectivity index (χ3n) is 5.92. The topological polar surface area (TPSA) is 29.1 Å². The molecule has 4 atom stereocenters. The van der Waals surface area contributed by atoms with E-state index < -0.39 is 0 Å². The van der Waals surface area contributed by atoms with Crippen LogP contribution >= 0.6 is 0 Å². The van der Waals surface area contributed by atoms with E-state index in [0.717, 1.165) is 30.7 Å². The smallest absolute Gasteiger partial charge is 0.226 e. The van der Waals surface area contributed by atoms with Crippen LogP contribution in [0, 0.1) is 23.2 Å². The highest BCUT2D eigenvalue weighted by atomic mass is 16.2.